The van der Waals surface area contributed by atoms with E-state index in [0.717, 1.165) is 22.4 Å². The van der Waals surface area contributed by atoms with E-state index in [0.29, 0.717) is 0 Å². The fourth-order valence-corrected chi connectivity index (χ4v) is 2.27. The van der Waals surface area contributed by atoms with Gasteiger partial charge in [-0.25, -0.2) is 9.56 Å². The van der Waals surface area contributed by atoms with Crippen LogP contribution in [0.5, 0.6) is 0 Å². The van der Waals surface area contributed by atoms with E-state index in [1.807, 2.05) is 28.2 Å². The summed E-state index contributed by atoms with van der Waals surface area (Å²) in [5.41, 5.74) is 5.25. The molecule has 0 saturated heterocycles. The highest BCUT2D eigenvalue weighted by molar-refractivity contribution is 5.82. The van der Waals surface area contributed by atoms with Gasteiger partial charge in [-0.2, -0.15) is 0 Å². The molecule has 3 rings (SSSR count). The van der Waals surface area contributed by atoms with Crippen LogP contribution in [0.1, 0.15) is 0 Å². The summed E-state index contributed by atoms with van der Waals surface area (Å²) in [4.78, 5) is 10.3. The van der Waals surface area contributed by atoms with Crippen LogP contribution in [0.2, 0.25) is 0 Å². The molecule has 0 saturated carbocycles. The molecule has 0 radical (unpaired) electrons. The predicted octanol–water partition coefficient (Wildman–Crippen LogP) is 1.77. The van der Waals surface area contributed by atoms with Crippen molar-refractivity contribution >= 4 is 16.7 Å². The molecule has 0 atom stereocenters. The highest BCUT2D eigenvalue weighted by Gasteiger charge is 2.08. The van der Waals surface area contributed by atoms with Crippen molar-refractivity contribution in [1.29, 1.82) is 0 Å². The second-order valence-corrected chi connectivity index (χ2v) is 5.43. The molecular formula is C16H19N4+. The van der Waals surface area contributed by atoms with Gasteiger partial charge < -0.3 is 9.88 Å². The number of rotatable bonds is 1. The van der Waals surface area contributed by atoms with Gasteiger partial charge in [0.05, 0.1) is 22.4 Å². The van der Waals surface area contributed by atoms with E-state index < -0.39 is 0 Å². The van der Waals surface area contributed by atoms with Gasteiger partial charge in [0.25, 0.3) is 0 Å². The van der Waals surface area contributed by atoms with E-state index in [1.54, 1.807) is 0 Å². The van der Waals surface area contributed by atoms with Crippen molar-refractivity contribution in [3.63, 3.8) is 0 Å². The smallest absolute Gasteiger partial charge is 0.201 e. The summed E-state index contributed by atoms with van der Waals surface area (Å²) in [6, 6.07) is 12.5. The number of aromatic amines is 1. The maximum absolute atomic E-state index is 4.71. The SMILES string of the molecule is CN(C)c1ccc2nc3ccc(=[N+](C)C)cc-3[nH]c2c1. The first-order valence-electron chi connectivity index (χ1n) is 6.66. The number of anilines is 1. The van der Waals surface area contributed by atoms with Gasteiger partial charge in [-0.1, -0.05) is 0 Å². The standard InChI is InChI=1S/C16H18N4/c1-19(2)11-5-7-13-15(9-11)18-16-10-12(20(3)4)6-8-14(16)17-13/h5-10H,1-4H3/p+1. The molecule has 1 N–H and O–H groups in total. The molecule has 1 heterocycles. The quantitative estimate of drug-likeness (QED) is 0.538. The fraction of sp³-hybridized carbons (Fsp3) is 0.250. The Kier molecular flexibility index (Phi) is 2.93. The Bertz CT molecular complexity index is 810. The van der Waals surface area contributed by atoms with Crippen molar-refractivity contribution in [2.75, 3.05) is 33.1 Å². The van der Waals surface area contributed by atoms with E-state index in [9.17, 15) is 0 Å². The lowest BCUT2D eigenvalue weighted by Crippen LogP contribution is -2.21. The Labute approximate surface area is 118 Å². The second kappa shape index (κ2) is 4.63. The molecule has 1 aromatic carbocycles. The Hall–Kier alpha value is -2.36. The Balaban J connectivity index is 2.31. The van der Waals surface area contributed by atoms with Gasteiger partial charge >= 0.3 is 0 Å². The lowest BCUT2D eigenvalue weighted by molar-refractivity contribution is 0.812. The molecule has 0 fully saturated rings. The van der Waals surface area contributed by atoms with Crippen LogP contribution < -0.4 is 14.8 Å². The van der Waals surface area contributed by atoms with Crippen LogP contribution in [-0.2, 0) is 0 Å². The third kappa shape index (κ3) is 2.13. The molecule has 2 aliphatic rings. The van der Waals surface area contributed by atoms with Gasteiger partial charge in [-0.15, -0.1) is 0 Å². The summed E-state index contributed by atoms with van der Waals surface area (Å²) in [5.74, 6) is 0. The average molecular weight is 267 g/mol. The van der Waals surface area contributed by atoms with Crippen LogP contribution in [-0.4, -0.2) is 38.2 Å². The summed E-state index contributed by atoms with van der Waals surface area (Å²) in [6.45, 7) is 0. The highest BCUT2D eigenvalue weighted by Crippen LogP contribution is 2.23. The Morgan fingerprint density at radius 3 is 2.55 bits per heavy atom. The van der Waals surface area contributed by atoms with Crippen LogP contribution >= 0.6 is 0 Å². The van der Waals surface area contributed by atoms with Gasteiger partial charge in [-0.05, 0) is 24.3 Å². The number of nitrogens with zero attached hydrogens (tertiary/aromatic N) is 3. The third-order valence-corrected chi connectivity index (χ3v) is 3.50. The molecule has 0 spiro atoms. The number of H-pyrrole nitrogens is 1. The molecule has 0 unspecified atom stereocenters. The largest absolute Gasteiger partial charge is 0.378 e. The monoisotopic (exact) mass is 267 g/mol. The summed E-state index contributed by atoms with van der Waals surface area (Å²) in [6.07, 6.45) is 0. The molecule has 0 amide bonds. The Morgan fingerprint density at radius 1 is 1.05 bits per heavy atom. The molecule has 1 aromatic rings. The van der Waals surface area contributed by atoms with Crippen LogP contribution in [0.25, 0.3) is 22.4 Å². The van der Waals surface area contributed by atoms with Crippen molar-refractivity contribution in [2.24, 2.45) is 0 Å². The van der Waals surface area contributed by atoms with E-state index >= 15 is 0 Å². The lowest BCUT2D eigenvalue weighted by Gasteiger charge is -2.14. The minimum atomic E-state index is 0.987. The van der Waals surface area contributed by atoms with Gasteiger partial charge in [0, 0.05) is 31.9 Å². The van der Waals surface area contributed by atoms with Crippen molar-refractivity contribution < 1.29 is 0 Å². The molecule has 0 bridgehead atoms. The highest BCUT2D eigenvalue weighted by atomic mass is 15.1. The summed E-state index contributed by atoms with van der Waals surface area (Å²) in [7, 11) is 8.17. The molecule has 20 heavy (non-hydrogen) atoms. The zero-order valence-corrected chi connectivity index (χ0v) is 12.3. The van der Waals surface area contributed by atoms with Gasteiger partial charge in [-0.3, -0.25) is 0 Å². The summed E-state index contributed by atoms with van der Waals surface area (Å²) < 4.78 is 2.09. The maximum Gasteiger partial charge on any atom is 0.201 e. The normalized spacial score (nSPS) is 11.0. The molecule has 0 aromatic heterocycles. The number of hydrogen-bond acceptors (Lipinski definition) is 2. The zero-order valence-electron chi connectivity index (χ0n) is 12.3. The van der Waals surface area contributed by atoms with Crippen LogP contribution in [0.3, 0.4) is 0 Å². The van der Waals surface area contributed by atoms with Crippen LogP contribution in [0, 0.1) is 0 Å². The molecule has 4 heteroatoms. The molecule has 4 nitrogen and oxygen atoms in total. The second-order valence-electron chi connectivity index (χ2n) is 5.43. The van der Waals surface area contributed by atoms with Crippen molar-refractivity contribution in [3.05, 3.63) is 41.8 Å². The number of benzene rings is 2. The fourth-order valence-electron chi connectivity index (χ4n) is 2.27. The van der Waals surface area contributed by atoms with Crippen LogP contribution in [0.4, 0.5) is 5.69 Å². The third-order valence-electron chi connectivity index (χ3n) is 3.50. The molecule has 1 aliphatic heterocycles. The first kappa shape index (κ1) is 12.7. The van der Waals surface area contributed by atoms with Crippen LogP contribution in [0.15, 0.2) is 36.4 Å². The van der Waals surface area contributed by atoms with Crippen molar-refractivity contribution in [2.45, 2.75) is 0 Å². The first-order valence-corrected chi connectivity index (χ1v) is 6.66. The molecule has 102 valence electrons. The van der Waals surface area contributed by atoms with E-state index in [2.05, 4.69) is 50.9 Å². The molecular weight excluding hydrogens is 248 g/mol. The van der Waals surface area contributed by atoms with Gasteiger partial charge in [0.15, 0.2) is 0 Å². The number of hydrogen-bond donors (Lipinski definition) is 1. The van der Waals surface area contributed by atoms with E-state index in [4.69, 9.17) is 4.98 Å². The Morgan fingerprint density at radius 2 is 1.85 bits per heavy atom. The molecule has 1 aliphatic carbocycles. The van der Waals surface area contributed by atoms with Gasteiger partial charge in [0.1, 0.15) is 14.1 Å². The number of aromatic nitrogens is 2. The summed E-state index contributed by atoms with van der Waals surface area (Å²) in [5, 5.41) is 1.17. The number of fused-ring (bicyclic) bond motifs is 2. The van der Waals surface area contributed by atoms with Crippen molar-refractivity contribution in [3.8, 4) is 11.4 Å². The minimum absolute atomic E-state index is 0.987. The average Bonchev–Trinajstić information content (AvgIpc) is 2.43. The topological polar surface area (TPSA) is 34.9 Å². The number of nitrogens with one attached hydrogen (secondary N) is 1. The zero-order chi connectivity index (χ0) is 14.3. The first-order chi connectivity index (χ1) is 9.54. The van der Waals surface area contributed by atoms with E-state index in [-0.39, 0.29) is 0 Å². The predicted molar refractivity (Wildman–Crippen MR) is 84.2 cm³/mol. The van der Waals surface area contributed by atoms with Crippen molar-refractivity contribution in [1.82, 2.24) is 14.5 Å². The van der Waals surface area contributed by atoms with Gasteiger partial charge in [0.2, 0.25) is 5.36 Å². The summed E-state index contributed by atoms with van der Waals surface area (Å²) >= 11 is 0. The van der Waals surface area contributed by atoms with E-state index in [1.165, 1.54) is 11.0 Å². The lowest BCUT2D eigenvalue weighted by atomic mass is 10.1. The minimum Gasteiger partial charge on any atom is -0.378 e. The maximum atomic E-state index is 4.71.